The highest BCUT2D eigenvalue weighted by atomic mass is 19.4. The van der Waals surface area contributed by atoms with E-state index < -0.39 is 11.9 Å². The molecule has 0 bridgehead atoms. The molecule has 9 nitrogen and oxygen atoms in total. The third-order valence-electron chi connectivity index (χ3n) is 5.05. The molecule has 1 aliphatic rings. The Labute approximate surface area is 193 Å². The number of alkyl halides is 3. The lowest BCUT2D eigenvalue weighted by Gasteiger charge is -2.25. The van der Waals surface area contributed by atoms with Gasteiger partial charge in [0.1, 0.15) is 35.9 Å². The number of aromatic nitrogens is 3. The summed E-state index contributed by atoms with van der Waals surface area (Å²) in [6, 6.07) is 5.77. The Morgan fingerprint density at radius 1 is 1.09 bits per heavy atom. The van der Waals surface area contributed by atoms with Crippen molar-refractivity contribution in [1.29, 1.82) is 0 Å². The van der Waals surface area contributed by atoms with Crippen LogP contribution in [-0.2, 0) is 22.2 Å². The number of nitrogens with two attached hydrogens (primary N) is 1. The van der Waals surface area contributed by atoms with Crippen LogP contribution in [0.4, 0.5) is 24.8 Å². The molecule has 0 atom stereocenters. The van der Waals surface area contributed by atoms with E-state index >= 15 is 0 Å². The van der Waals surface area contributed by atoms with E-state index in [2.05, 4.69) is 20.3 Å². The van der Waals surface area contributed by atoms with Crippen LogP contribution < -0.4 is 20.5 Å². The third-order valence-corrected chi connectivity index (χ3v) is 5.05. The van der Waals surface area contributed by atoms with Gasteiger partial charge in [-0.25, -0.2) is 15.0 Å². The minimum Gasteiger partial charge on any atom is -0.493 e. The molecule has 0 spiro atoms. The average Bonchev–Trinajstić information content (AvgIpc) is 2.74. The number of rotatable bonds is 9. The van der Waals surface area contributed by atoms with Gasteiger partial charge < -0.3 is 30.0 Å². The van der Waals surface area contributed by atoms with Crippen LogP contribution in [0.15, 0.2) is 24.3 Å². The molecular formula is C22H24F3N5O4. The molecule has 1 aliphatic heterocycles. The minimum atomic E-state index is -4.60. The van der Waals surface area contributed by atoms with Crippen LogP contribution in [0.2, 0.25) is 0 Å². The van der Waals surface area contributed by atoms with Gasteiger partial charge in [0.05, 0.1) is 32.4 Å². The molecule has 0 aliphatic carbocycles. The lowest BCUT2D eigenvalue weighted by Crippen LogP contribution is -2.37. The number of nitrogens with zero attached hydrogens (tertiary/aromatic N) is 3. The Bertz CT molecular complexity index is 1170. The van der Waals surface area contributed by atoms with Gasteiger partial charge in [0.15, 0.2) is 11.5 Å². The van der Waals surface area contributed by atoms with Crippen molar-refractivity contribution in [2.75, 3.05) is 44.6 Å². The van der Waals surface area contributed by atoms with E-state index in [1.165, 1.54) is 13.2 Å². The maximum atomic E-state index is 13.1. The first-order valence-corrected chi connectivity index (χ1v) is 10.5. The van der Waals surface area contributed by atoms with Gasteiger partial charge in [-0.05, 0) is 30.7 Å². The van der Waals surface area contributed by atoms with E-state index in [0.29, 0.717) is 66.0 Å². The Kier molecular flexibility index (Phi) is 6.89. The normalized spacial score (nSPS) is 14.1. The molecule has 0 saturated carbocycles. The molecule has 3 heterocycles. The first-order chi connectivity index (χ1) is 16.2. The molecular weight excluding hydrogens is 455 g/mol. The van der Waals surface area contributed by atoms with Crippen LogP contribution in [0, 0.1) is 6.92 Å². The highest BCUT2D eigenvalue weighted by Crippen LogP contribution is 2.35. The van der Waals surface area contributed by atoms with E-state index in [1.807, 2.05) is 0 Å². The summed E-state index contributed by atoms with van der Waals surface area (Å²) in [6.07, 6.45) is -4.50. The fraction of sp³-hybridized carbons (Fsp3) is 0.409. The van der Waals surface area contributed by atoms with E-state index in [9.17, 15) is 13.2 Å². The van der Waals surface area contributed by atoms with Crippen molar-refractivity contribution in [2.24, 2.45) is 0 Å². The van der Waals surface area contributed by atoms with Crippen LogP contribution in [0.25, 0.3) is 10.9 Å². The minimum absolute atomic E-state index is 0.0425. The van der Waals surface area contributed by atoms with E-state index in [4.69, 9.17) is 24.7 Å². The van der Waals surface area contributed by atoms with E-state index in [0.717, 1.165) is 6.07 Å². The number of hydrogen-bond donors (Lipinski definition) is 2. The highest BCUT2D eigenvalue weighted by Gasteiger charge is 2.33. The second-order valence-corrected chi connectivity index (χ2v) is 7.66. The standard InChI is InChI=1S/C22H24F3N5O4/c1-12-28-16-8-17(31-2)18(34-4-3-33-14-10-32-11-14)7-15(16)21(29-12)27-9-13-5-19(22(23,24)25)30-20(26)6-13/h5-8,14H,3-4,9-11H2,1-2H3,(H2,26,30)(H,27,28,29). The summed E-state index contributed by atoms with van der Waals surface area (Å²) in [5.41, 5.74) is 5.42. The number of nitrogens with one attached hydrogen (secondary N) is 1. The van der Waals surface area contributed by atoms with Crippen molar-refractivity contribution in [3.8, 4) is 11.5 Å². The molecule has 0 unspecified atom stereocenters. The quantitative estimate of drug-likeness (QED) is 0.446. The summed E-state index contributed by atoms with van der Waals surface area (Å²) in [5.74, 6) is 1.65. The van der Waals surface area contributed by atoms with Crippen LogP contribution >= 0.6 is 0 Å². The van der Waals surface area contributed by atoms with Crippen molar-refractivity contribution in [1.82, 2.24) is 15.0 Å². The Balaban J connectivity index is 1.56. The van der Waals surface area contributed by atoms with E-state index in [-0.39, 0.29) is 18.5 Å². The zero-order valence-electron chi connectivity index (χ0n) is 18.6. The van der Waals surface area contributed by atoms with Crippen molar-refractivity contribution in [3.63, 3.8) is 0 Å². The fourth-order valence-corrected chi connectivity index (χ4v) is 3.38. The van der Waals surface area contributed by atoms with Crippen molar-refractivity contribution in [3.05, 3.63) is 41.3 Å². The van der Waals surface area contributed by atoms with Gasteiger partial charge in [0, 0.05) is 18.0 Å². The molecule has 3 aromatic rings. The molecule has 2 aromatic heterocycles. The van der Waals surface area contributed by atoms with Crippen LogP contribution in [0.3, 0.4) is 0 Å². The predicted octanol–water partition coefficient (Wildman–Crippen LogP) is 3.35. The Morgan fingerprint density at radius 3 is 2.56 bits per heavy atom. The second-order valence-electron chi connectivity index (χ2n) is 7.66. The number of pyridine rings is 1. The van der Waals surface area contributed by atoms with Gasteiger partial charge in [-0.1, -0.05) is 0 Å². The molecule has 12 heteroatoms. The predicted molar refractivity (Wildman–Crippen MR) is 118 cm³/mol. The van der Waals surface area contributed by atoms with Crippen LogP contribution in [-0.4, -0.2) is 54.6 Å². The monoisotopic (exact) mass is 479 g/mol. The summed E-state index contributed by atoms with van der Waals surface area (Å²) in [6.45, 7) is 3.60. The first kappa shape index (κ1) is 23.8. The molecule has 4 rings (SSSR count). The van der Waals surface area contributed by atoms with Crippen molar-refractivity contribution >= 4 is 22.5 Å². The summed E-state index contributed by atoms with van der Waals surface area (Å²) in [4.78, 5) is 12.2. The smallest absolute Gasteiger partial charge is 0.433 e. The molecule has 1 saturated heterocycles. The van der Waals surface area contributed by atoms with Crippen molar-refractivity contribution in [2.45, 2.75) is 25.7 Å². The number of methoxy groups -OCH3 is 1. The van der Waals surface area contributed by atoms with Crippen molar-refractivity contribution < 1.29 is 32.1 Å². The lowest BCUT2D eigenvalue weighted by atomic mass is 10.2. The number of nitrogen functional groups attached to an aromatic ring is 1. The van der Waals surface area contributed by atoms with E-state index in [1.54, 1.807) is 19.1 Å². The third kappa shape index (κ3) is 5.57. The summed E-state index contributed by atoms with van der Waals surface area (Å²) >= 11 is 0. The number of benzene rings is 1. The Morgan fingerprint density at radius 2 is 1.88 bits per heavy atom. The first-order valence-electron chi connectivity index (χ1n) is 10.5. The summed E-state index contributed by atoms with van der Waals surface area (Å²) in [5, 5.41) is 3.69. The molecule has 3 N–H and O–H groups in total. The van der Waals surface area contributed by atoms with Gasteiger partial charge in [-0.2, -0.15) is 13.2 Å². The number of hydrogen-bond acceptors (Lipinski definition) is 9. The fourth-order valence-electron chi connectivity index (χ4n) is 3.38. The molecule has 1 aromatic carbocycles. The largest absolute Gasteiger partial charge is 0.493 e. The van der Waals surface area contributed by atoms with Gasteiger partial charge in [0.25, 0.3) is 0 Å². The van der Waals surface area contributed by atoms with Gasteiger partial charge in [-0.3, -0.25) is 0 Å². The zero-order valence-corrected chi connectivity index (χ0v) is 18.6. The molecule has 182 valence electrons. The Hall–Kier alpha value is -3.38. The number of aryl methyl sites for hydroxylation is 1. The molecule has 1 fully saturated rings. The number of ether oxygens (including phenoxy) is 4. The maximum Gasteiger partial charge on any atom is 0.433 e. The average molecular weight is 479 g/mol. The SMILES string of the molecule is COc1cc2nc(C)nc(NCc3cc(N)nc(C(F)(F)F)c3)c2cc1OCCOC1COC1. The maximum absolute atomic E-state index is 13.1. The lowest BCUT2D eigenvalue weighted by molar-refractivity contribution is -0.141. The van der Waals surface area contributed by atoms with Gasteiger partial charge in [-0.15, -0.1) is 0 Å². The number of anilines is 2. The number of fused-ring (bicyclic) bond motifs is 1. The second kappa shape index (κ2) is 9.85. The van der Waals surface area contributed by atoms with Gasteiger partial charge >= 0.3 is 6.18 Å². The number of halogens is 3. The van der Waals surface area contributed by atoms with Crippen LogP contribution in [0.5, 0.6) is 11.5 Å². The summed E-state index contributed by atoms with van der Waals surface area (Å²) < 4.78 is 61.2. The molecule has 34 heavy (non-hydrogen) atoms. The van der Waals surface area contributed by atoms with Gasteiger partial charge in [0.2, 0.25) is 0 Å². The topological polar surface area (TPSA) is 114 Å². The van der Waals surface area contributed by atoms with Crippen LogP contribution in [0.1, 0.15) is 17.1 Å². The molecule has 0 amide bonds. The summed E-state index contributed by atoms with van der Waals surface area (Å²) in [7, 11) is 1.52. The highest BCUT2D eigenvalue weighted by molar-refractivity contribution is 5.91. The zero-order chi connectivity index (χ0) is 24.3. The molecule has 0 radical (unpaired) electrons.